The molecular weight excluding hydrogens is 300 g/mol. The van der Waals surface area contributed by atoms with Gasteiger partial charge in [0.1, 0.15) is 0 Å². The number of nitrogens with one attached hydrogen (secondary N) is 2. The van der Waals surface area contributed by atoms with Crippen molar-refractivity contribution in [3.63, 3.8) is 0 Å². The maximum absolute atomic E-state index is 5.64. The van der Waals surface area contributed by atoms with Gasteiger partial charge in [-0.25, -0.2) is 0 Å². The summed E-state index contributed by atoms with van der Waals surface area (Å²) in [5.74, 6) is 1.65. The van der Waals surface area contributed by atoms with Gasteiger partial charge in [0, 0.05) is 44.9 Å². The molecule has 1 fully saturated rings. The van der Waals surface area contributed by atoms with Crippen LogP contribution in [0, 0.1) is 5.92 Å². The standard InChI is InChI=1S/C19H26N4O/c1-20-19(22-11-4-12-24-14-15-8-9-15)23-13-17-6-2-5-16-7-3-10-21-18(16)17/h2-3,5-7,10,15H,4,8-9,11-14H2,1H3,(H2,20,22,23). The van der Waals surface area contributed by atoms with Crippen molar-refractivity contribution >= 4 is 16.9 Å². The lowest BCUT2D eigenvalue weighted by atomic mass is 10.1. The van der Waals surface area contributed by atoms with Gasteiger partial charge in [0.25, 0.3) is 0 Å². The smallest absolute Gasteiger partial charge is 0.191 e. The molecule has 1 aliphatic carbocycles. The first-order valence-electron chi connectivity index (χ1n) is 8.71. The first-order valence-corrected chi connectivity index (χ1v) is 8.71. The lowest BCUT2D eigenvalue weighted by Gasteiger charge is -2.13. The first-order chi connectivity index (χ1) is 11.9. The summed E-state index contributed by atoms with van der Waals surface area (Å²) < 4.78 is 5.64. The van der Waals surface area contributed by atoms with E-state index in [1.165, 1.54) is 18.4 Å². The minimum absolute atomic E-state index is 0.701. The van der Waals surface area contributed by atoms with Crippen molar-refractivity contribution in [1.82, 2.24) is 15.6 Å². The fourth-order valence-electron chi connectivity index (χ4n) is 2.63. The number of guanidine groups is 1. The van der Waals surface area contributed by atoms with Crippen LogP contribution in [0.1, 0.15) is 24.8 Å². The number of ether oxygens (including phenoxy) is 1. The number of aliphatic imine (C=N–C) groups is 1. The third-order valence-corrected chi connectivity index (χ3v) is 4.19. The van der Waals surface area contributed by atoms with E-state index in [2.05, 4.69) is 44.9 Å². The summed E-state index contributed by atoms with van der Waals surface area (Å²) in [4.78, 5) is 8.76. The average Bonchev–Trinajstić information content (AvgIpc) is 3.45. The third-order valence-electron chi connectivity index (χ3n) is 4.19. The molecule has 0 saturated heterocycles. The summed E-state index contributed by atoms with van der Waals surface area (Å²) in [5, 5.41) is 7.84. The Bertz CT molecular complexity index is 677. The van der Waals surface area contributed by atoms with Crippen molar-refractivity contribution in [3.8, 4) is 0 Å². The van der Waals surface area contributed by atoms with Gasteiger partial charge in [-0.2, -0.15) is 0 Å². The summed E-state index contributed by atoms with van der Waals surface area (Å²) in [7, 11) is 1.79. The summed E-state index contributed by atoms with van der Waals surface area (Å²) >= 11 is 0. The quantitative estimate of drug-likeness (QED) is 0.445. The minimum atomic E-state index is 0.701. The van der Waals surface area contributed by atoms with E-state index >= 15 is 0 Å². The molecule has 0 aliphatic heterocycles. The van der Waals surface area contributed by atoms with E-state index in [1.54, 1.807) is 7.05 Å². The molecule has 1 heterocycles. The van der Waals surface area contributed by atoms with E-state index in [0.29, 0.717) is 6.54 Å². The normalized spacial score (nSPS) is 14.8. The van der Waals surface area contributed by atoms with E-state index in [9.17, 15) is 0 Å². The monoisotopic (exact) mass is 326 g/mol. The zero-order valence-electron chi connectivity index (χ0n) is 14.3. The highest BCUT2D eigenvalue weighted by Gasteiger charge is 2.20. The number of hydrogen-bond acceptors (Lipinski definition) is 3. The Morgan fingerprint density at radius 2 is 2.12 bits per heavy atom. The number of benzene rings is 1. The molecule has 1 aromatic heterocycles. The van der Waals surface area contributed by atoms with Gasteiger partial charge >= 0.3 is 0 Å². The third kappa shape index (κ3) is 4.93. The number of aromatic nitrogens is 1. The maximum Gasteiger partial charge on any atom is 0.191 e. The van der Waals surface area contributed by atoms with Gasteiger partial charge < -0.3 is 15.4 Å². The molecule has 0 spiro atoms. The Balaban J connectivity index is 1.41. The molecule has 3 rings (SSSR count). The lowest BCUT2D eigenvalue weighted by molar-refractivity contribution is 0.123. The largest absolute Gasteiger partial charge is 0.381 e. The van der Waals surface area contributed by atoms with E-state index in [0.717, 1.165) is 49.0 Å². The highest BCUT2D eigenvalue weighted by atomic mass is 16.5. The molecule has 1 aliphatic rings. The predicted octanol–water partition coefficient (Wildman–Crippen LogP) is 2.72. The fourth-order valence-corrected chi connectivity index (χ4v) is 2.63. The van der Waals surface area contributed by atoms with Crippen LogP contribution in [0.4, 0.5) is 0 Å². The van der Waals surface area contributed by atoms with E-state index in [4.69, 9.17) is 4.74 Å². The Kier molecular flexibility index (Phi) is 6.01. The molecule has 2 N–H and O–H groups in total. The summed E-state index contributed by atoms with van der Waals surface area (Å²) in [6.07, 6.45) is 5.51. The molecular formula is C19H26N4O. The Morgan fingerprint density at radius 3 is 2.96 bits per heavy atom. The molecule has 1 aromatic carbocycles. The highest BCUT2D eigenvalue weighted by molar-refractivity contribution is 5.83. The molecule has 0 unspecified atom stereocenters. The van der Waals surface area contributed by atoms with Gasteiger partial charge in [0.05, 0.1) is 5.52 Å². The van der Waals surface area contributed by atoms with Gasteiger partial charge in [0.15, 0.2) is 5.96 Å². The number of fused-ring (bicyclic) bond motifs is 1. The van der Waals surface area contributed by atoms with Gasteiger partial charge in [0.2, 0.25) is 0 Å². The number of rotatable bonds is 8. The molecule has 0 bridgehead atoms. The molecule has 0 amide bonds. The van der Waals surface area contributed by atoms with Crippen molar-refractivity contribution in [2.24, 2.45) is 10.9 Å². The topological polar surface area (TPSA) is 58.5 Å². The van der Waals surface area contributed by atoms with Crippen molar-refractivity contribution in [3.05, 3.63) is 42.1 Å². The summed E-state index contributed by atoms with van der Waals surface area (Å²) in [6.45, 7) is 3.30. The second-order valence-corrected chi connectivity index (χ2v) is 6.22. The molecule has 24 heavy (non-hydrogen) atoms. The second-order valence-electron chi connectivity index (χ2n) is 6.22. The molecule has 0 atom stereocenters. The summed E-state index contributed by atoms with van der Waals surface area (Å²) in [5.41, 5.74) is 2.21. The van der Waals surface area contributed by atoms with Gasteiger partial charge in [-0.3, -0.25) is 9.98 Å². The number of pyridine rings is 1. The van der Waals surface area contributed by atoms with Crippen LogP contribution in [0.5, 0.6) is 0 Å². The Morgan fingerprint density at radius 1 is 1.25 bits per heavy atom. The van der Waals surface area contributed by atoms with Crippen LogP contribution >= 0.6 is 0 Å². The van der Waals surface area contributed by atoms with Gasteiger partial charge in [-0.1, -0.05) is 24.3 Å². The fraction of sp³-hybridized carbons (Fsp3) is 0.474. The van der Waals surface area contributed by atoms with Crippen LogP contribution < -0.4 is 10.6 Å². The average molecular weight is 326 g/mol. The molecule has 5 heteroatoms. The van der Waals surface area contributed by atoms with Crippen LogP contribution in [0.3, 0.4) is 0 Å². The van der Waals surface area contributed by atoms with Crippen LogP contribution in [-0.2, 0) is 11.3 Å². The minimum Gasteiger partial charge on any atom is -0.381 e. The maximum atomic E-state index is 5.64. The summed E-state index contributed by atoms with van der Waals surface area (Å²) in [6, 6.07) is 10.3. The van der Waals surface area contributed by atoms with E-state index in [-0.39, 0.29) is 0 Å². The van der Waals surface area contributed by atoms with Gasteiger partial charge in [-0.05, 0) is 36.8 Å². The zero-order valence-corrected chi connectivity index (χ0v) is 14.3. The SMILES string of the molecule is CN=C(NCCCOCC1CC1)NCc1cccc2cccnc12. The first kappa shape index (κ1) is 16.7. The van der Waals surface area contributed by atoms with Crippen molar-refractivity contribution in [2.75, 3.05) is 26.8 Å². The zero-order chi connectivity index (χ0) is 16.6. The molecule has 128 valence electrons. The second kappa shape index (κ2) is 8.64. The van der Waals surface area contributed by atoms with Crippen molar-refractivity contribution in [1.29, 1.82) is 0 Å². The predicted molar refractivity (Wildman–Crippen MR) is 98.1 cm³/mol. The van der Waals surface area contributed by atoms with Crippen LogP contribution in [0.25, 0.3) is 10.9 Å². The van der Waals surface area contributed by atoms with Gasteiger partial charge in [-0.15, -0.1) is 0 Å². The Hall–Kier alpha value is -2.14. The number of hydrogen-bond donors (Lipinski definition) is 2. The molecule has 5 nitrogen and oxygen atoms in total. The van der Waals surface area contributed by atoms with Crippen LogP contribution in [0.2, 0.25) is 0 Å². The molecule has 0 radical (unpaired) electrons. The van der Waals surface area contributed by atoms with Crippen molar-refractivity contribution in [2.45, 2.75) is 25.8 Å². The van der Waals surface area contributed by atoms with E-state index in [1.807, 2.05) is 12.3 Å². The van der Waals surface area contributed by atoms with Crippen LogP contribution in [0.15, 0.2) is 41.5 Å². The molecule has 1 saturated carbocycles. The molecule has 2 aromatic rings. The Labute approximate surface area is 143 Å². The lowest BCUT2D eigenvalue weighted by Crippen LogP contribution is -2.37. The van der Waals surface area contributed by atoms with Crippen molar-refractivity contribution < 1.29 is 4.74 Å². The number of para-hydroxylation sites is 1. The van der Waals surface area contributed by atoms with E-state index < -0.39 is 0 Å². The number of nitrogens with zero attached hydrogens (tertiary/aromatic N) is 2. The van der Waals surface area contributed by atoms with Crippen LogP contribution in [-0.4, -0.2) is 37.7 Å². The highest BCUT2D eigenvalue weighted by Crippen LogP contribution is 2.28.